The Labute approximate surface area is 163 Å². The van der Waals surface area contributed by atoms with Crippen molar-refractivity contribution in [3.63, 3.8) is 0 Å². The standard InChI is InChI=1S/C20H25N3O3S/c1-13-8-9-17(27-15-6-4-5-7-15)16(10-13)18(24)22-14-11-21-23(12-14)20(2,3)19(25)26/h8-12,15H,4-7H2,1-3H3,(H,22,24)(H,25,26). The molecule has 0 atom stereocenters. The van der Waals surface area contributed by atoms with Crippen molar-refractivity contribution in [3.8, 4) is 0 Å². The van der Waals surface area contributed by atoms with Crippen LogP contribution in [0.4, 0.5) is 5.69 Å². The van der Waals surface area contributed by atoms with E-state index in [9.17, 15) is 14.7 Å². The number of carbonyl (C=O) groups excluding carboxylic acids is 1. The summed E-state index contributed by atoms with van der Waals surface area (Å²) in [6, 6.07) is 5.95. The molecule has 0 saturated heterocycles. The van der Waals surface area contributed by atoms with Crippen molar-refractivity contribution in [2.75, 3.05) is 5.32 Å². The summed E-state index contributed by atoms with van der Waals surface area (Å²) >= 11 is 1.78. The summed E-state index contributed by atoms with van der Waals surface area (Å²) in [7, 11) is 0. The summed E-state index contributed by atoms with van der Waals surface area (Å²) in [5.74, 6) is -1.19. The van der Waals surface area contributed by atoms with Gasteiger partial charge in [0.05, 0.1) is 17.4 Å². The van der Waals surface area contributed by atoms with Gasteiger partial charge in [-0.05, 0) is 45.7 Å². The van der Waals surface area contributed by atoms with Crippen LogP contribution in [-0.4, -0.2) is 32.0 Å². The molecule has 3 rings (SSSR count). The number of nitrogens with zero attached hydrogens (tertiary/aromatic N) is 2. The van der Waals surface area contributed by atoms with Crippen LogP contribution in [0, 0.1) is 6.92 Å². The number of carbonyl (C=O) groups is 2. The summed E-state index contributed by atoms with van der Waals surface area (Å²) in [6.07, 6.45) is 7.91. The largest absolute Gasteiger partial charge is 0.479 e. The van der Waals surface area contributed by atoms with E-state index in [4.69, 9.17) is 0 Å². The number of hydrogen-bond donors (Lipinski definition) is 2. The number of aromatic nitrogens is 2. The van der Waals surface area contributed by atoms with Gasteiger partial charge in [0.25, 0.3) is 5.91 Å². The van der Waals surface area contributed by atoms with Gasteiger partial charge in [-0.25, -0.2) is 4.79 Å². The number of nitrogens with one attached hydrogen (secondary N) is 1. The van der Waals surface area contributed by atoms with Crippen molar-refractivity contribution < 1.29 is 14.7 Å². The van der Waals surface area contributed by atoms with E-state index < -0.39 is 11.5 Å². The fourth-order valence-electron chi connectivity index (χ4n) is 3.10. The maximum Gasteiger partial charge on any atom is 0.331 e. The molecule has 1 fully saturated rings. The second kappa shape index (κ2) is 7.76. The normalized spacial score (nSPS) is 15.1. The van der Waals surface area contributed by atoms with E-state index >= 15 is 0 Å². The average molecular weight is 388 g/mol. The molecule has 0 spiro atoms. The Balaban J connectivity index is 1.79. The quantitative estimate of drug-likeness (QED) is 0.772. The third-order valence-corrected chi connectivity index (χ3v) is 6.33. The molecule has 1 aliphatic rings. The van der Waals surface area contributed by atoms with Crippen LogP contribution < -0.4 is 5.32 Å². The SMILES string of the molecule is Cc1ccc(SC2CCCC2)c(C(=O)Nc2cnn(C(C)(C)C(=O)O)c2)c1. The minimum Gasteiger partial charge on any atom is -0.479 e. The second-order valence-electron chi connectivity index (χ2n) is 7.52. The minimum atomic E-state index is -1.18. The van der Waals surface area contributed by atoms with Gasteiger partial charge >= 0.3 is 5.97 Å². The van der Waals surface area contributed by atoms with E-state index in [2.05, 4.69) is 10.4 Å². The van der Waals surface area contributed by atoms with Crippen LogP contribution in [0.25, 0.3) is 0 Å². The number of aryl methyl sites for hydroxylation is 1. The molecule has 7 heteroatoms. The van der Waals surface area contributed by atoms with E-state index in [1.54, 1.807) is 31.8 Å². The number of thioether (sulfide) groups is 1. The first-order chi connectivity index (χ1) is 12.8. The third kappa shape index (κ3) is 4.35. The number of hydrogen-bond acceptors (Lipinski definition) is 4. The van der Waals surface area contributed by atoms with Gasteiger partial charge in [0.1, 0.15) is 0 Å². The van der Waals surface area contributed by atoms with Gasteiger partial charge in [-0.1, -0.05) is 24.5 Å². The molecule has 6 nitrogen and oxygen atoms in total. The first-order valence-corrected chi connectivity index (χ1v) is 10.0. The Morgan fingerprint density at radius 3 is 2.67 bits per heavy atom. The van der Waals surface area contributed by atoms with Gasteiger partial charge in [-0.3, -0.25) is 9.48 Å². The highest BCUT2D eigenvalue weighted by molar-refractivity contribution is 8.00. The molecule has 1 heterocycles. The summed E-state index contributed by atoms with van der Waals surface area (Å²) in [6.45, 7) is 5.09. The van der Waals surface area contributed by atoms with Crippen molar-refractivity contribution in [3.05, 3.63) is 41.7 Å². The number of rotatable bonds is 6. The van der Waals surface area contributed by atoms with Crippen LogP contribution in [0.1, 0.15) is 55.5 Å². The molecule has 1 saturated carbocycles. The number of amides is 1. The van der Waals surface area contributed by atoms with Crippen LogP contribution in [-0.2, 0) is 10.3 Å². The molecule has 1 aromatic heterocycles. The lowest BCUT2D eigenvalue weighted by Crippen LogP contribution is -2.35. The zero-order valence-electron chi connectivity index (χ0n) is 15.9. The predicted molar refractivity (Wildman–Crippen MR) is 106 cm³/mol. The first-order valence-electron chi connectivity index (χ1n) is 9.14. The van der Waals surface area contributed by atoms with Crippen LogP contribution >= 0.6 is 11.8 Å². The summed E-state index contributed by atoms with van der Waals surface area (Å²) < 4.78 is 1.34. The molecule has 27 heavy (non-hydrogen) atoms. The van der Waals surface area contributed by atoms with E-state index in [0.717, 1.165) is 10.5 Å². The Bertz CT molecular complexity index is 854. The summed E-state index contributed by atoms with van der Waals surface area (Å²) in [5.41, 5.74) is 0.971. The zero-order valence-corrected chi connectivity index (χ0v) is 16.7. The van der Waals surface area contributed by atoms with Crippen molar-refractivity contribution in [2.45, 2.75) is 62.1 Å². The molecular formula is C20H25N3O3S. The average Bonchev–Trinajstić information content (AvgIpc) is 3.28. The molecule has 1 amide bonds. The lowest BCUT2D eigenvalue weighted by Gasteiger charge is -2.19. The maximum atomic E-state index is 12.9. The van der Waals surface area contributed by atoms with Gasteiger partial charge in [0.15, 0.2) is 5.54 Å². The molecule has 1 aliphatic carbocycles. The lowest BCUT2D eigenvalue weighted by atomic mass is 10.1. The predicted octanol–water partition coefficient (Wildman–Crippen LogP) is 4.30. The van der Waals surface area contributed by atoms with E-state index in [1.807, 2.05) is 25.1 Å². The summed E-state index contributed by atoms with van der Waals surface area (Å²) in [5, 5.41) is 16.8. The number of benzene rings is 1. The smallest absolute Gasteiger partial charge is 0.331 e. The summed E-state index contributed by atoms with van der Waals surface area (Å²) in [4.78, 5) is 25.2. The second-order valence-corrected chi connectivity index (χ2v) is 8.86. The molecule has 2 N–H and O–H groups in total. The lowest BCUT2D eigenvalue weighted by molar-refractivity contribution is -0.146. The molecule has 2 aromatic rings. The van der Waals surface area contributed by atoms with Crippen LogP contribution in [0.3, 0.4) is 0 Å². The van der Waals surface area contributed by atoms with Crippen molar-refractivity contribution in [1.82, 2.24) is 9.78 Å². The van der Waals surface area contributed by atoms with Crippen molar-refractivity contribution >= 4 is 29.3 Å². The zero-order chi connectivity index (χ0) is 19.6. The fraction of sp³-hybridized carbons (Fsp3) is 0.450. The highest BCUT2D eigenvalue weighted by Crippen LogP contribution is 2.36. The Kier molecular flexibility index (Phi) is 5.60. The maximum absolute atomic E-state index is 12.9. The molecule has 1 aromatic carbocycles. The Hall–Kier alpha value is -2.28. The molecular weight excluding hydrogens is 362 g/mol. The number of carboxylic acid groups (broad SMARTS) is 1. The number of anilines is 1. The third-order valence-electron chi connectivity index (χ3n) is 4.91. The van der Waals surface area contributed by atoms with Gasteiger partial charge in [-0.2, -0.15) is 5.10 Å². The van der Waals surface area contributed by atoms with Crippen molar-refractivity contribution in [2.24, 2.45) is 0 Å². The van der Waals surface area contributed by atoms with Crippen LogP contribution in [0.15, 0.2) is 35.5 Å². The number of carboxylic acids is 1. The van der Waals surface area contributed by atoms with Gasteiger partial charge in [0, 0.05) is 16.3 Å². The van der Waals surface area contributed by atoms with E-state index in [0.29, 0.717) is 16.5 Å². The van der Waals surface area contributed by atoms with Crippen molar-refractivity contribution in [1.29, 1.82) is 0 Å². The topological polar surface area (TPSA) is 84.2 Å². The molecule has 144 valence electrons. The highest BCUT2D eigenvalue weighted by atomic mass is 32.2. The Morgan fingerprint density at radius 1 is 1.30 bits per heavy atom. The number of aliphatic carboxylic acids is 1. The first kappa shape index (κ1) is 19.5. The van der Waals surface area contributed by atoms with Gasteiger partial charge in [0.2, 0.25) is 0 Å². The monoisotopic (exact) mass is 387 g/mol. The Morgan fingerprint density at radius 2 is 2.00 bits per heavy atom. The highest BCUT2D eigenvalue weighted by Gasteiger charge is 2.30. The van der Waals surface area contributed by atoms with Gasteiger partial charge in [-0.15, -0.1) is 11.8 Å². The molecule has 0 bridgehead atoms. The minimum absolute atomic E-state index is 0.202. The van der Waals surface area contributed by atoms with Crippen LogP contribution in [0.2, 0.25) is 0 Å². The van der Waals surface area contributed by atoms with E-state index in [1.165, 1.54) is 36.6 Å². The molecule has 0 aliphatic heterocycles. The van der Waals surface area contributed by atoms with E-state index in [-0.39, 0.29) is 5.91 Å². The van der Waals surface area contributed by atoms with Crippen LogP contribution in [0.5, 0.6) is 0 Å². The molecule has 0 radical (unpaired) electrons. The fourth-order valence-corrected chi connectivity index (χ4v) is 4.45. The van der Waals surface area contributed by atoms with Gasteiger partial charge < -0.3 is 10.4 Å². The molecule has 0 unspecified atom stereocenters.